The standard InChI is InChI=1S/C21H24N4OS/c1-15-7-8-20(27-15)18-13-19(24-23-18)21(26)25(17-5-3-2-4-6-17)14-16-9-11-22-12-10-16/h7-13,17H,2-6,14H2,1H3,(H,23,24). The largest absolute Gasteiger partial charge is 0.330 e. The Labute approximate surface area is 163 Å². The Morgan fingerprint density at radius 1 is 1.19 bits per heavy atom. The zero-order valence-corrected chi connectivity index (χ0v) is 16.3. The molecule has 5 nitrogen and oxygen atoms in total. The number of carbonyl (C=O) groups is 1. The Kier molecular flexibility index (Phi) is 5.34. The molecule has 3 heterocycles. The number of hydrogen-bond acceptors (Lipinski definition) is 4. The Balaban J connectivity index is 1.59. The van der Waals surface area contributed by atoms with Crippen LogP contribution in [0, 0.1) is 6.92 Å². The van der Waals surface area contributed by atoms with Gasteiger partial charge in [-0.25, -0.2) is 0 Å². The summed E-state index contributed by atoms with van der Waals surface area (Å²) in [7, 11) is 0. The molecule has 0 aromatic carbocycles. The van der Waals surface area contributed by atoms with Gasteiger partial charge in [-0.2, -0.15) is 5.10 Å². The molecule has 6 heteroatoms. The van der Waals surface area contributed by atoms with E-state index in [0.717, 1.165) is 29.0 Å². The van der Waals surface area contributed by atoms with E-state index in [0.29, 0.717) is 12.2 Å². The maximum atomic E-state index is 13.3. The number of aromatic amines is 1. The van der Waals surface area contributed by atoms with Gasteiger partial charge < -0.3 is 4.90 Å². The van der Waals surface area contributed by atoms with Gasteiger partial charge in [0.1, 0.15) is 0 Å². The van der Waals surface area contributed by atoms with Crippen molar-refractivity contribution in [3.8, 4) is 10.6 Å². The summed E-state index contributed by atoms with van der Waals surface area (Å²) < 4.78 is 0. The second-order valence-corrected chi connectivity index (χ2v) is 8.45. The lowest BCUT2D eigenvalue weighted by Crippen LogP contribution is -2.41. The third-order valence-corrected chi connectivity index (χ3v) is 6.22. The Morgan fingerprint density at radius 2 is 1.96 bits per heavy atom. The van der Waals surface area contributed by atoms with Crippen LogP contribution in [0.1, 0.15) is 53.0 Å². The van der Waals surface area contributed by atoms with Crippen LogP contribution in [0.3, 0.4) is 0 Å². The minimum atomic E-state index is 0.00879. The van der Waals surface area contributed by atoms with Crippen LogP contribution >= 0.6 is 11.3 Å². The van der Waals surface area contributed by atoms with Crippen molar-refractivity contribution >= 4 is 17.2 Å². The van der Waals surface area contributed by atoms with E-state index >= 15 is 0 Å². The second-order valence-electron chi connectivity index (χ2n) is 7.16. The minimum absolute atomic E-state index is 0.00879. The summed E-state index contributed by atoms with van der Waals surface area (Å²) in [5.41, 5.74) is 2.51. The van der Waals surface area contributed by atoms with Gasteiger partial charge in [0.25, 0.3) is 5.91 Å². The molecule has 1 saturated carbocycles. The van der Waals surface area contributed by atoms with E-state index in [1.54, 1.807) is 23.7 Å². The third-order valence-electron chi connectivity index (χ3n) is 5.18. The predicted molar refractivity (Wildman–Crippen MR) is 108 cm³/mol. The molecule has 1 fully saturated rings. The van der Waals surface area contributed by atoms with Crippen LogP contribution in [0.4, 0.5) is 0 Å². The second kappa shape index (κ2) is 8.05. The van der Waals surface area contributed by atoms with Gasteiger partial charge in [0, 0.05) is 29.9 Å². The van der Waals surface area contributed by atoms with Crippen molar-refractivity contribution in [2.45, 2.75) is 51.6 Å². The lowest BCUT2D eigenvalue weighted by atomic mass is 9.93. The fourth-order valence-corrected chi connectivity index (χ4v) is 4.56. The normalized spacial score (nSPS) is 15.0. The summed E-state index contributed by atoms with van der Waals surface area (Å²) in [6.45, 7) is 2.68. The van der Waals surface area contributed by atoms with E-state index in [-0.39, 0.29) is 11.9 Å². The van der Waals surface area contributed by atoms with Crippen LogP contribution in [0.25, 0.3) is 10.6 Å². The van der Waals surface area contributed by atoms with Crippen LogP contribution < -0.4 is 0 Å². The molecular formula is C21H24N4OS. The number of hydrogen-bond donors (Lipinski definition) is 1. The smallest absolute Gasteiger partial charge is 0.274 e. The monoisotopic (exact) mass is 380 g/mol. The molecular weight excluding hydrogens is 356 g/mol. The van der Waals surface area contributed by atoms with Crippen LogP contribution in [-0.4, -0.2) is 32.0 Å². The number of rotatable bonds is 5. The maximum absolute atomic E-state index is 13.3. The van der Waals surface area contributed by atoms with Gasteiger partial charge >= 0.3 is 0 Å². The average molecular weight is 381 g/mol. The number of aromatic nitrogens is 3. The number of nitrogens with zero attached hydrogens (tertiary/aromatic N) is 3. The molecule has 1 N–H and O–H groups in total. The summed E-state index contributed by atoms with van der Waals surface area (Å²) in [6, 6.07) is 10.3. The van der Waals surface area contributed by atoms with E-state index in [9.17, 15) is 4.79 Å². The molecule has 4 rings (SSSR count). The first-order valence-electron chi connectivity index (χ1n) is 9.53. The number of H-pyrrole nitrogens is 1. The third kappa shape index (κ3) is 4.11. The van der Waals surface area contributed by atoms with Gasteiger partial charge in [-0.1, -0.05) is 19.3 Å². The van der Waals surface area contributed by atoms with E-state index < -0.39 is 0 Å². The number of pyridine rings is 1. The molecule has 27 heavy (non-hydrogen) atoms. The highest BCUT2D eigenvalue weighted by Gasteiger charge is 2.28. The van der Waals surface area contributed by atoms with Crippen LogP contribution in [-0.2, 0) is 6.54 Å². The summed E-state index contributed by atoms with van der Waals surface area (Å²) in [4.78, 5) is 21.8. The van der Waals surface area contributed by atoms with Crippen LogP contribution in [0.5, 0.6) is 0 Å². The van der Waals surface area contributed by atoms with E-state index in [1.165, 1.54) is 24.1 Å². The number of carbonyl (C=O) groups excluding carboxylic acids is 1. The highest BCUT2D eigenvalue weighted by molar-refractivity contribution is 7.15. The van der Waals surface area contributed by atoms with E-state index in [4.69, 9.17) is 0 Å². The highest BCUT2D eigenvalue weighted by atomic mass is 32.1. The van der Waals surface area contributed by atoms with Gasteiger partial charge in [-0.15, -0.1) is 11.3 Å². The molecule has 0 spiro atoms. The Morgan fingerprint density at radius 3 is 2.67 bits per heavy atom. The fourth-order valence-electron chi connectivity index (χ4n) is 3.73. The lowest BCUT2D eigenvalue weighted by Gasteiger charge is -2.34. The number of aryl methyl sites for hydroxylation is 1. The quantitative estimate of drug-likeness (QED) is 0.690. The molecule has 0 bridgehead atoms. The molecule has 1 amide bonds. The molecule has 0 radical (unpaired) electrons. The van der Waals surface area contributed by atoms with Crippen LogP contribution in [0.2, 0.25) is 0 Å². The average Bonchev–Trinajstić information content (AvgIpc) is 3.36. The predicted octanol–water partition coefficient (Wildman–Crippen LogP) is 4.82. The molecule has 1 aliphatic carbocycles. The molecule has 1 aliphatic rings. The molecule has 0 saturated heterocycles. The first-order chi connectivity index (χ1) is 13.2. The zero-order chi connectivity index (χ0) is 18.6. The number of amides is 1. The van der Waals surface area contributed by atoms with Gasteiger partial charge in [0.05, 0.1) is 10.6 Å². The Bertz CT molecular complexity index is 896. The minimum Gasteiger partial charge on any atom is -0.330 e. The lowest BCUT2D eigenvalue weighted by molar-refractivity contribution is 0.0608. The van der Waals surface area contributed by atoms with Crippen LogP contribution in [0.15, 0.2) is 42.7 Å². The summed E-state index contributed by atoms with van der Waals surface area (Å²) in [5, 5.41) is 7.38. The first-order valence-corrected chi connectivity index (χ1v) is 10.3. The van der Waals surface area contributed by atoms with Gasteiger partial charge in [0.15, 0.2) is 5.69 Å². The van der Waals surface area contributed by atoms with Crippen molar-refractivity contribution in [2.24, 2.45) is 0 Å². The molecule has 0 unspecified atom stereocenters. The van der Waals surface area contributed by atoms with Crippen molar-refractivity contribution in [3.05, 3.63) is 58.9 Å². The van der Waals surface area contributed by atoms with Gasteiger partial charge in [-0.05, 0) is 55.7 Å². The van der Waals surface area contributed by atoms with Crippen molar-refractivity contribution in [2.75, 3.05) is 0 Å². The first kappa shape index (κ1) is 17.9. The maximum Gasteiger partial charge on any atom is 0.274 e. The summed E-state index contributed by atoms with van der Waals surface area (Å²) in [6.07, 6.45) is 9.33. The van der Waals surface area contributed by atoms with Crippen molar-refractivity contribution in [3.63, 3.8) is 0 Å². The van der Waals surface area contributed by atoms with E-state index in [1.807, 2.05) is 23.1 Å². The topological polar surface area (TPSA) is 61.9 Å². The van der Waals surface area contributed by atoms with Crippen molar-refractivity contribution in [1.82, 2.24) is 20.1 Å². The SMILES string of the molecule is Cc1ccc(-c2cc(C(=O)N(Cc3ccncc3)C3CCCCC3)n[nH]2)s1. The Hall–Kier alpha value is -2.47. The zero-order valence-electron chi connectivity index (χ0n) is 15.5. The van der Waals surface area contributed by atoms with E-state index in [2.05, 4.69) is 34.2 Å². The molecule has 0 aliphatic heterocycles. The summed E-state index contributed by atoms with van der Waals surface area (Å²) >= 11 is 1.70. The molecule has 0 atom stereocenters. The van der Waals surface area contributed by atoms with Gasteiger partial charge in [-0.3, -0.25) is 14.9 Å². The fraction of sp³-hybridized carbons (Fsp3) is 0.381. The molecule has 3 aromatic heterocycles. The number of thiophene rings is 1. The van der Waals surface area contributed by atoms with Gasteiger partial charge in [0.2, 0.25) is 0 Å². The highest BCUT2D eigenvalue weighted by Crippen LogP contribution is 2.28. The number of nitrogens with one attached hydrogen (secondary N) is 1. The molecule has 3 aromatic rings. The summed E-state index contributed by atoms with van der Waals surface area (Å²) in [5.74, 6) is 0.00879. The van der Waals surface area contributed by atoms with Crippen molar-refractivity contribution in [1.29, 1.82) is 0 Å². The molecule has 140 valence electrons. The van der Waals surface area contributed by atoms with Crippen molar-refractivity contribution < 1.29 is 4.79 Å².